The number of hydrogen-bond acceptors (Lipinski definition) is 4. The molecule has 1 aliphatic rings. The van der Waals surface area contributed by atoms with Crippen LogP contribution >= 0.6 is 11.6 Å². The molecule has 0 saturated carbocycles. The first-order valence-corrected chi connectivity index (χ1v) is 8.09. The van der Waals surface area contributed by atoms with Gasteiger partial charge in [0.1, 0.15) is 4.90 Å². The lowest BCUT2D eigenvalue weighted by Gasteiger charge is -2.30. The molecule has 21 heavy (non-hydrogen) atoms. The van der Waals surface area contributed by atoms with E-state index in [-0.39, 0.29) is 23.8 Å². The number of nitrogens with zero attached hydrogens (tertiary/aromatic N) is 1. The first-order valence-electron chi connectivity index (χ1n) is 6.27. The lowest BCUT2D eigenvalue weighted by Crippen LogP contribution is -2.44. The van der Waals surface area contributed by atoms with Crippen LogP contribution in [0.5, 0.6) is 0 Å². The predicted octanol–water partition coefficient (Wildman–Crippen LogP) is 0.947. The molecule has 6 nitrogen and oxygen atoms in total. The molecule has 0 aromatic heterocycles. The minimum absolute atomic E-state index is 0.0240. The minimum Gasteiger partial charge on any atom is -0.396 e. The van der Waals surface area contributed by atoms with Crippen LogP contribution in [-0.4, -0.2) is 31.7 Å². The van der Waals surface area contributed by atoms with E-state index in [4.69, 9.17) is 23.1 Å². The van der Waals surface area contributed by atoms with Gasteiger partial charge in [-0.05, 0) is 25.0 Å². The molecule has 0 spiro atoms. The molecule has 1 amide bonds. The highest BCUT2D eigenvalue weighted by molar-refractivity contribution is 7.89. The fourth-order valence-corrected chi connectivity index (χ4v) is 4.24. The van der Waals surface area contributed by atoms with Crippen molar-refractivity contribution in [3.8, 4) is 0 Å². The second-order valence-electron chi connectivity index (χ2n) is 4.91. The average Bonchev–Trinajstić information content (AvgIpc) is 2.42. The van der Waals surface area contributed by atoms with Gasteiger partial charge in [0, 0.05) is 18.1 Å². The Morgan fingerprint density at radius 2 is 2.10 bits per heavy atom. The van der Waals surface area contributed by atoms with Crippen molar-refractivity contribution in [1.29, 1.82) is 0 Å². The Bertz CT molecular complexity index is 681. The van der Waals surface area contributed by atoms with Crippen LogP contribution in [0, 0.1) is 11.7 Å². The zero-order valence-corrected chi connectivity index (χ0v) is 12.6. The fourth-order valence-electron chi connectivity index (χ4n) is 2.30. The molecule has 1 heterocycles. The van der Waals surface area contributed by atoms with Crippen molar-refractivity contribution in [2.45, 2.75) is 17.7 Å². The Morgan fingerprint density at radius 1 is 1.43 bits per heavy atom. The topological polar surface area (TPSA) is 106 Å². The van der Waals surface area contributed by atoms with Gasteiger partial charge in [-0.1, -0.05) is 11.6 Å². The summed E-state index contributed by atoms with van der Waals surface area (Å²) in [5.74, 6) is -2.19. The summed E-state index contributed by atoms with van der Waals surface area (Å²) in [4.78, 5) is 10.6. The van der Waals surface area contributed by atoms with Crippen LogP contribution in [-0.2, 0) is 14.8 Å². The van der Waals surface area contributed by atoms with E-state index >= 15 is 0 Å². The largest absolute Gasteiger partial charge is 0.396 e. The zero-order chi connectivity index (χ0) is 15.8. The van der Waals surface area contributed by atoms with E-state index in [1.165, 1.54) is 0 Å². The number of carbonyl (C=O) groups excluding carboxylic acids is 1. The van der Waals surface area contributed by atoms with Crippen LogP contribution in [0.2, 0.25) is 5.02 Å². The summed E-state index contributed by atoms with van der Waals surface area (Å²) in [6.07, 6.45) is 0.992. The maximum absolute atomic E-state index is 14.0. The molecule has 1 aromatic rings. The third-order valence-corrected chi connectivity index (χ3v) is 5.52. The summed E-state index contributed by atoms with van der Waals surface area (Å²) < 4.78 is 40.0. The summed E-state index contributed by atoms with van der Waals surface area (Å²) in [5.41, 5.74) is 10.3. The molecule has 1 saturated heterocycles. The molecule has 0 bridgehead atoms. The molecule has 1 atom stereocenters. The Labute approximate surface area is 126 Å². The maximum atomic E-state index is 14.0. The molecular formula is C12H15ClFN3O3S. The third kappa shape index (κ3) is 3.12. The minimum atomic E-state index is -4.12. The van der Waals surface area contributed by atoms with Crippen molar-refractivity contribution in [1.82, 2.24) is 4.31 Å². The molecule has 2 rings (SSSR count). The monoisotopic (exact) mass is 335 g/mol. The van der Waals surface area contributed by atoms with Crippen molar-refractivity contribution < 1.29 is 17.6 Å². The highest BCUT2D eigenvalue weighted by Gasteiger charge is 2.34. The molecule has 1 unspecified atom stereocenters. The van der Waals surface area contributed by atoms with Gasteiger partial charge in [-0.2, -0.15) is 4.31 Å². The summed E-state index contributed by atoms with van der Waals surface area (Å²) >= 11 is 5.74. The van der Waals surface area contributed by atoms with E-state index in [1.54, 1.807) is 0 Å². The van der Waals surface area contributed by atoms with Crippen molar-refractivity contribution >= 4 is 33.2 Å². The van der Waals surface area contributed by atoms with E-state index in [0.29, 0.717) is 12.8 Å². The van der Waals surface area contributed by atoms with Crippen LogP contribution < -0.4 is 11.5 Å². The van der Waals surface area contributed by atoms with Gasteiger partial charge < -0.3 is 11.5 Å². The molecule has 4 N–H and O–H groups in total. The third-order valence-electron chi connectivity index (χ3n) is 3.44. The molecule has 9 heteroatoms. The number of anilines is 1. The number of primary amides is 1. The lowest BCUT2D eigenvalue weighted by atomic mass is 9.99. The molecule has 1 aromatic carbocycles. The van der Waals surface area contributed by atoms with Crippen molar-refractivity contribution in [2.75, 3.05) is 18.8 Å². The van der Waals surface area contributed by atoms with Gasteiger partial charge >= 0.3 is 0 Å². The number of carbonyl (C=O) groups is 1. The zero-order valence-electron chi connectivity index (χ0n) is 11.1. The van der Waals surface area contributed by atoms with Crippen LogP contribution in [0.15, 0.2) is 17.0 Å². The maximum Gasteiger partial charge on any atom is 0.246 e. The highest BCUT2D eigenvalue weighted by Crippen LogP contribution is 2.30. The van der Waals surface area contributed by atoms with E-state index in [0.717, 1.165) is 16.4 Å². The summed E-state index contributed by atoms with van der Waals surface area (Å²) in [5, 5.41) is 0.0240. The van der Waals surface area contributed by atoms with Crippen LogP contribution in [0.3, 0.4) is 0 Å². The quantitative estimate of drug-likeness (QED) is 0.802. The fraction of sp³-hybridized carbons (Fsp3) is 0.417. The normalized spacial score (nSPS) is 20.4. The summed E-state index contributed by atoms with van der Waals surface area (Å²) in [7, 11) is -4.12. The summed E-state index contributed by atoms with van der Waals surface area (Å²) in [6, 6.07) is 2.15. The Balaban J connectivity index is 2.40. The Kier molecular flexibility index (Phi) is 4.40. The van der Waals surface area contributed by atoms with Gasteiger partial charge in [0.25, 0.3) is 0 Å². The average molecular weight is 336 g/mol. The molecule has 0 radical (unpaired) electrons. The number of nitrogen functional groups attached to an aromatic ring is 1. The number of sulfonamides is 1. The highest BCUT2D eigenvalue weighted by atomic mass is 35.5. The smallest absolute Gasteiger partial charge is 0.246 e. The van der Waals surface area contributed by atoms with Gasteiger partial charge in [-0.3, -0.25) is 4.79 Å². The number of benzene rings is 1. The number of nitrogens with two attached hydrogens (primary N) is 2. The first kappa shape index (κ1) is 16.0. The van der Waals surface area contributed by atoms with Crippen molar-refractivity contribution in [2.24, 2.45) is 11.7 Å². The van der Waals surface area contributed by atoms with Crippen LogP contribution in [0.1, 0.15) is 12.8 Å². The number of halogens is 2. The van der Waals surface area contributed by atoms with Gasteiger partial charge in [0.05, 0.1) is 11.6 Å². The van der Waals surface area contributed by atoms with Gasteiger partial charge in [-0.15, -0.1) is 0 Å². The molecule has 1 aliphatic heterocycles. The number of amides is 1. The standard InChI is InChI=1S/C12H15ClFN3O3S/c13-8-4-9(15)11(14)10(5-8)21(19,20)17-3-1-2-7(6-17)12(16)18/h4-5,7H,1-3,6,15H2,(H2,16,18). The molecule has 116 valence electrons. The van der Waals surface area contributed by atoms with Crippen molar-refractivity contribution in [3.63, 3.8) is 0 Å². The lowest BCUT2D eigenvalue weighted by molar-refractivity contribution is -0.122. The van der Waals surface area contributed by atoms with Crippen LogP contribution in [0.4, 0.5) is 10.1 Å². The van der Waals surface area contributed by atoms with Gasteiger partial charge in [-0.25, -0.2) is 12.8 Å². The van der Waals surface area contributed by atoms with E-state index < -0.39 is 32.6 Å². The second-order valence-corrected chi connectivity index (χ2v) is 7.25. The van der Waals surface area contributed by atoms with Gasteiger partial charge in [0.15, 0.2) is 5.82 Å². The Morgan fingerprint density at radius 3 is 2.71 bits per heavy atom. The summed E-state index contributed by atoms with van der Waals surface area (Å²) in [6.45, 7) is 0.126. The first-order chi connectivity index (χ1) is 9.73. The second kappa shape index (κ2) is 5.78. The SMILES string of the molecule is NC(=O)C1CCCN(S(=O)(=O)c2cc(Cl)cc(N)c2F)C1. The van der Waals surface area contributed by atoms with Crippen molar-refractivity contribution in [3.05, 3.63) is 23.0 Å². The molecular weight excluding hydrogens is 321 g/mol. The van der Waals surface area contributed by atoms with E-state index in [9.17, 15) is 17.6 Å². The van der Waals surface area contributed by atoms with Crippen LogP contribution in [0.25, 0.3) is 0 Å². The number of rotatable bonds is 3. The molecule has 0 aliphatic carbocycles. The molecule has 1 fully saturated rings. The van der Waals surface area contributed by atoms with E-state index in [2.05, 4.69) is 0 Å². The Hall–Kier alpha value is -1.38. The van der Waals surface area contributed by atoms with E-state index in [1.807, 2.05) is 0 Å². The number of hydrogen-bond donors (Lipinski definition) is 2. The number of piperidine rings is 1. The van der Waals surface area contributed by atoms with Gasteiger partial charge in [0.2, 0.25) is 15.9 Å². The predicted molar refractivity (Wildman–Crippen MR) is 76.5 cm³/mol.